The van der Waals surface area contributed by atoms with Crippen LogP contribution in [0.5, 0.6) is 0 Å². The van der Waals surface area contributed by atoms with Crippen molar-refractivity contribution in [2.24, 2.45) is 0 Å². The molecule has 1 saturated carbocycles. The number of hydrogen-bond donors (Lipinski definition) is 1. The highest BCUT2D eigenvalue weighted by atomic mass is 35.5. The summed E-state index contributed by atoms with van der Waals surface area (Å²) in [7, 11) is -3.99. The quantitative estimate of drug-likeness (QED) is 0.558. The van der Waals surface area contributed by atoms with Crippen LogP contribution in [0.2, 0.25) is 5.02 Å². The van der Waals surface area contributed by atoms with Gasteiger partial charge in [-0.15, -0.1) is 0 Å². The van der Waals surface area contributed by atoms with Crippen LogP contribution in [0.3, 0.4) is 0 Å². The number of hydrogen-bond acceptors (Lipinski definition) is 4. The number of benzene rings is 2. The summed E-state index contributed by atoms with van der Waals surface area (Å²) in [6.07, 6.45) is 4.75. The molecule has 0 bridgehead atoms. The summed E-state index contributed by atoms with van der Waals surface area (Å²) in [5.74, 6) is -1.73. The smallest absolute Gasteiger partial charge is 0.244 e. The van der Waals surface area contributed by atoms with Crippen LogP contribution in [0, 0.1) is 5.82 Å². The van der Waals surface area contributed by atoms with Gasteiger partial charge in [0.1, 0.15) is 18.4 Å². The molecule has 0 aromatic heterocycles. The Morgan fingerprint density at radius 1 is 1.15 bits per heavy atom. The minimum Gasteiger partial charge on any atom is -0.352 e. The van der Waals surface area contributed by atoms with Crippen molar-refractivity contribution in [3.05, 3.63) is 64.9 Å². The molecular formula is C24H29ClFN3O4S. The Hall–Kier alpha value is -2.65. The maximum atomic E-state index is 14.4. The molecule has 1 fully saturated rings. The first-order valence-corrected chi connectivity index (χ1v) is 13.4. The average molecular weight is 510 g/mol. The Labute approximate surface area is 204 Å². The molecule has 0 heterocycles. The SMILES string of the molecule is C[C@H](C(=O)NC1CCCC1)N(Cc1cccc(Cl)c1)C(=O)CN(c1ccccc1F)S(C)(=O)=O. The van der Waals surface area contributed by atoms with Gasteiger partial charge in [0, 0.05) is 17.6 Å². The lowest BCUT2D eigenvalue weighted by molar-refractivity contribution is -0.139. The lowest BCUT2D eigenvalue weighted by Crippen LogP contribution is -2.52. The molecule has 2 amide bonds. The minimum absolute atomic E-state index is 0.0352. The van der Waals surface area contributed by atoms with Gasteiger partial charge in [-0.2, -0.15) is 0 Å². The zero-order chi connectivity index (χ0) is 24.9. The summed E-state index contributed by atoms with van der Waals surface area (Å²) < 4.78 is 40.1. The summed E-state index contributed by atoms with van der Waals surface area (Å²) in [6, 6.07) is 11.4. The predicted molar refractivity (Wildman–Crippen MR) is 130 cm³/mol. The van der Waals surface area contributed by atoms with Crippen molar-refractivity contribution >= 4 is 39.1 Å². The van der Waals surface area contributed by atoms with Crippen molar-refractivity contribution in [2.75, 3.05) is 17.1 Å². The van der Waals surface area contributed by atoms with Gasteiger partial charge in [0.15, 0.2) is 0 Å². The standard InChI is InChI=1S/C24H29ClFN3O4S/c1-17(24(31)27-20-10-3-4-11-20)28(15-18-8-7-9-19(25)14-18)23(30)16-29(34(2,32)33)22-13-6-5-12-21(22)26/h5-9,12-14,17,20H,3-4,10-11,15-16H2,1-2H3,(H,27,31)/t17-/m1/s1. The average Bonchev–Trinajstić information content (AvgIpc) is 3.28. The highest BCUT2D eigenvalue weighted by Gasteiger charge is 2.32. The van der Waals surface area contributed by atoms with Gasteiger partial charge in [-0.05, 0) is 49.6 Å². The molecule has 0 spiro atoms. The molecule has 34 heavy (non-hydrogen) atoms. The second-order valence-electron chi connectivity index (χ2n) is 8.54. The van der Waals surface area contributed by atoms with E-state index in [-0.39, 0.29) is 24.2 Å². The molecule has 10 heteroatoms. The fourth-order valence-electron chi connectivity index (χ4n) is 4.06. The van der Waals surface area contributed by atoms with Crippen molar-refractivity contribution < 1.29 is 22.4 Å². The van der Waals surface area contributed by atoms with E-state index in [9.17, 15) is 22.4 Å². The normalized spacial score (nSPS) is 15.1. The number of para-hydroxylation sites is 1. The van der Waals surface area contributed by atoms with E-state index in [0.717, 1.165) is 42.3 Å². The summed E-state index contributed by atoms with van der Waals surface area (Å²) in [4.78, 5) is 27.7. The van der Waals surface area contributed by atoms with Crippen molar-refractivity contribution in [3.63, 3.8) is 0 Å². The van der Waals surface area contributed by atoms with Crippen LogP contribution in [0.25, 0.3) is 0 Å². The number of amides is 2. The van der Waals surface area contributed by atoms with Crippen LogP contribution in [0.15, 0.2) is 48.5 Å². The third-order valence-corrected chi connectivity index (χ3v) is 7.27. The zero-order valence-electron chi connectivity index (χ0n) is 19.2. The lowest BCUT2D eigenvalue weighted by atomic mass is 10.1. The van der Waals surface area contributed by atoms with E-state index >= 15 is 0 Å². The maximum absolute atomic E-state index is 14.4. The van der Waals surface area contributed by atoms with Gasteiger partial charge in [-0.1, -0.05) is 48.7 Å². The Morgan fingerprint density at radius 3 is 2.44 bits per heavy atom. The van der Waals surface area contributed by atoms with Crippen LogP contribution in [-0.2, 0) is 26.2 Å². The number of nitrogens with one attached hydrogen (secondary N) is 1. The number of carbonyl (C=O) groups excluding carboxylic acids is 2. The van der Waals surface area contributed by atoms with Crippen LogP contribution in [-0.4, -0.2) is 50.0 Å². The van der Waals surface area contributed by atoms with E-state index < -0.39 is 34.3 Å². The van der Waals surface area contributed by atoms with Crippen LogP contribution >= 0.6 is 11.6 Å². The van der Waals surface area contributed by atoms with E-state index in [1.807, 2.05) is 0 Å². The van der Waals surface area contributed by atoms with Crippen LogP contribution in [0.4, 0.5) is 10.1 Å². The second kappa shape index (κ2) is 11.2. The first-order chi connectivity index (χ1) is 16.1. The monoisotopic (exact) mass is 509 g/mol. The number of sulfonamides is 1. The van der Waals surface area contributed by atoms with Crippen molar-refractivity contribution in [2.45, 2.75) is 51.2 Å². The Kier molecular flexibility index (Phi) is 8.54. The molecule has 3 rings (SSSR count). The van der Waals surface area contributed by atoms with E-state index in [1.165, 1.54) is 23.1 Å². The Morgan fingerprint density at radius 2 is 1.82 bits per heavy atom. The molecule has 1 N–H and O–H groups in total. The summed E-state index contributed by atoms with van der Waals surface area (Å²) in [5, 5.41) is 3.45. The number of nitrogens with zero attached hydrogens (tertiary/aromatic N) is 2. The molecule has 0 radical (unpaired) electrons. The highest BCUT2D eigenvalue weighted by Crippen LogP contribution is 2.23. The number of halogens is 2. The van der Waals surface area contributed by atoms with Crippen molar-refractivity contribution in [3.8, 4) is 0 Å². The van der Waals surface area contributed by atoms with E-state index in [1.54, 1.807) is 31.2 Å². The summed E-state index contributed by atoms with van der Waals surface area (Å²) in [5.41, 5.74) is 0.447. The molecule has 0 aliphatic heterocycles. The van der Waals surface area contributed by atoms with Gasteiger partial charge in [0.05, 0.1) is 11.9 Å². The van der Waals surface area contributed by atoms with Gasteiger partial charge < -0.3 is 10.2 Å². The van der Waals surface area contributed by atoms with Crippen LogP contribution < -0.4 is 9.62 Å². The van der Waals surface area contributed by atoms with Gasteiger partial charge in [-0.25, -0.2) is 12.8 Å². The predicted octanol–water partition coefficient (Wildman–Crippen LogP) is 3.72. The first kappa shape index (κ1) is 26.0. The largest absolute Gasteiger partial charge is 0.352 e. The molecule has 0 saturated heterocycles. The van der Waals surface area contributed by atoms with E-state index in [0.29, 0.717) is 10.6 Å². The topological polar surface area (TPSA) is 86.8 Å². The van der Waals surface area contributed by atoms with Crippen molar-refractivity contribution in [1.29, 1.82) is 0 Å². The molecule has 2 aromatic carbocycles. The highest BCUT2D eigenvalue weighted by molar-refractivity contribution is 7.92. The number of rotatable bonds is 9. The van der Waals surface area contributed by atoms with E-state index in [2.05, 4.69) is 5.32 Å². The van der Waals surface area contributed by atoms with Crippen molar-refractivity contribution in [1.82, 2.24) is 10.2 Å². The van der Waals surface area contributed by atoms with Gasteiger partial charge in [0.2, 0.25) is 21.8 Å². The maximum Gasteiger partial charge on any atom is 0.244 e. The minimum atomic E-state index is -3.99. The fourth-order valence-corrected chi connectivity index (χ4v) is 5.12. The summed E-state index contributed by atoms with van der Waals surface area (Å²) >= 11 is 6.09. The summed E-state index contributed by atoms with van der Waals surface area (Å²) in [6.45, 7) is 0.982. The van der Waals surface area contributed by atoms with Gasteiger partial charge in [0.25, 0.3) is 0 Å². The molecule has 1 aliphatic carbocycles. The zero-order valence-corrected chi connectivity index (χ0v) is 20.8. The number of carbonyl (C=O) groups is 2. The fraction of sp³-hybridized carbons (Fsp3) is 0.417. The molecule has 0 unspecified atom stereocenters. The third kappa shape index (κ3) is 6.70. The molecule has 2 aromatic rings. The second-order valence-corrected chi connectivity index (χ2v) is 10.9. The molecule has 1 aliphatic rings. The first-order valence-electron chi connectivity index (χ1n) is 11.1. The Balaban J connectivity index is 1.89. The molecule has 184 valence electrons. The molecule has 1 atom stereocenters. The third-order valence-electron chi connectivity index (χ3n) is 5.91. The molecular weight excluding hydrogens is 481 g/mol. The van der Waals surface area contributed by atoms with Gasteiger partial charge >= 0.3 is 0 Å². The number of anilines is 1. The Bertz CT molecular complexity index is 1140. The van der Waals surface area contributed by atoms with Crippen LogP contribution in [0.1, 0.15) is 38.2 Å². The lowest BCUT2D eigenvalue weighted by Gasteiger charge is -2.32. The van der Waals surface area contributed by atoms with E-state index in [4.69, 9.17) is 11.6 Å². The molecule has 7 nitrogen and oxygen atoms in total. The van der Waals surface area contributed by atoms with Gasteiger partial charge in [-0.3, -0.25) is 13.9 Å².